The van der Waals surface area contributed by atoms with E-state index in [-0.39, 0.29) is 5.91 Å². The lowest BCUT2D eigenvalue weighted by Crippen LogP contribution is -2.17. The Bertz CT molecular complexity index is 1000. The van der Waals surface area contributed by atoms with E-state index in [0.29, 0.717) is 23.7 Å². The molecule has 0 spiro atoms. The molecule has 0 saturated heterocycles. The molecule has 1 N–H and O–H groups in total. The zero-order chi connectivity index (χ0) is 20.6. The largest absolute Gasteiger partial charge is 0.496 e. The third kappa shape index (κ3) is 5.93. The Labute approximate surface area is 178 Å². The average molecular weight is 453 g/mol. The van der Waals surface area contributed by atoms with E-state index in [1.165, 1.54) is 5.56 Å². The lowest BCUT2D eigenvalue weighted by atomic mass is 10.2. The van der Waals surface area contributed by atoms with Gasteiger partial charge >= 0.3 is 0 Å². The van der Waals surface area contributed by atoms with Crippen molar-refractivity contribution in [2.75, 3.05) is 7.11 Å². The molecule has 0 fully saturated rings. The molecule has 0 aliphatic heterocycles. The van der Waals surface area contributed by atoms with Gasteiger partial charge in [-0.25, -0.2) is 5.43 Å². The summed E-state index contributed by atoms with van der Waals surface area (Å²) in [6, 6.07) is 20.7. The molecule has 0 radical (unpaired) electrons. The molecule has 1 amide bonds. The Morgan fingerprint density at radius 3 is 2.48 bits per heavy atom. The summed E-state index contributed by atoms with van der Waals surface area (Å²) in [5.41, 5.74) is 6.07. The number of nitrogens with one attached hydrogen (secondary N) is 1. The zero-order valence-corrected chi connectivity index (χ0v) is 17.8. The first-order chi connectivity index (χ1) is 14.0. The molecule has 5 nitrogen and oxygen atoms in total. The van der Waals surface area contributed by atoms with Crippen molar-refractivity contribution in [2.24, 2.45) is 5.10 Å². The molecule has 3 aromatic rings. The molecule has 0 atom stereocenters. The number of hydrogen-bond donors (Lipinski definition) is 1. The monoisotopic (exact) mass is 452 g/mol. The maximum atomic E-state index is 12.3. The van der Waals surface area contributed by atoms with Crippen LogP contribution in [0.3, 0.4) is 0 Å². The second-order valence-corrected chi connectivity index (χ2v) is 7.30. The van der Waals surface area contributed by atoms with Crippen molar-refractivity contribution in [2.45, 2.75) is 13.5 Å². The van der Waals surface area contributed by atoms with E-state index in [2.05, 4.69) is 38.6 Å². The second kappa shape index (κ2) is 9.89. The van der Waals surface area contributed by atoms with Crippen molar-refractivity contribution in [3.63, 3.8) is 0 Å². The molecular formula is C23H21BrN2O3. The first kappa shape index (κ1) is 20.6. The Morgan fingerprint density at radius 2 is 1.79 bits per heavy atom. The fourth-order valence-corrected chi connectivity index (χ4v) is 2.96. The van der Waals surface area contributed by atoms with Gasteiger partial charge < -0.3 is 9.47 Å². The normalized spacial score (nSPS) is 10.7. The summed E-state index contributed by atoms with van der Waals surface area (Å²) in [6.07, 6.45) is 1.54. The van der Waals surface area contributed by atoms with Crippen LogP contribution in [0.4, 0.5) is 0 Å². The molecule has 3 aromatic carbocycles. The fourth-order valence-electron chi connectivity index (χ4n) is 2.58. The Morgan fingerprint density at radius 1 is 1.07 bits per heavy atom. The summed E-state index contributed by atoms with van der Waals surface area (Å²) in [4.78, 5) is 12.3. The quantitative estimate of drug-likeness (QED) is 0.400. The molecule has 3 rings (SSSR count). The predicted molar refractivity (Wildman–Crippen MR) is 118 cm³/mol. The number of carbonyl (C=O) groups is 1. The minimum atomic E-state index is -0.305. The third-order valence-electron chi connectivity index (χ3n) is 4.20. The van der Waals surface area contributed by atoms with Gasteiger partial charge in [-0.1, -0.05) is 45.8 Å². The minimum Gasteiger partial charge on any atom is -0.496 e. The van der Waals surface area contributed by atoms with Crippen LogP contribution in [0.5, 0.6) is 11.5 Å². The number of ether oxygens (including phenoxy) is 2. The van der Waals surface area contributed by atoms with Crippen LogP contribution in [-0.2, 0) is 6.61 Å². The highest BCUT2D eigenvalue weighted by molar-refractivity contribution is 9.10. The first-order valence-corrected chi connectivity index (χ1v) is 9.80. The zero-order valence-electron chi connectivity index (χ0n) is 16.2. The number of aryl methyl sites for hydroxylation is 1. The van der Waals surface area contributed by atoms with Crippen LogP contribution in [0.15, 0.2) is 76.3 Å². The number of hydrazone groups is 1. The third-order valence-corrected chi connectivity index (χ3v) is 4.70. The molecule has 0 aliphatic carbocycles. The number of nitrogens with zero attached hydrogens (tertiary/aromatic N) is 1. The molecule has 0 saturated carbocycles. The van der Waals surface area contributed by atoms with Crippen molar-refractivity contribution in [1.29, 1.82) is 0 Å². The number of carbonyl (C=O) groups excluding carboxylic acids is 1. The second-order valence-electron chi connectivity index (χ2n) is 6.38. The number of hydrogen-bond acceptors (Lipinski definition) is 4. The number of methoxy groups -OCH3 is 1. The highest BCUT2D eigenvalue weighted by Crippen LogP contribution is 2.21. The molecule has 0 aromatic heterocycles. The van der Waals surface area contributed by atoms with E-state index in [1.807, 2.05) is 37.3 Å². The van der Waals surface area contributed by atoms with Gasteiger partial charge in [0.2, 0.25) is 0 Å². The van der Waals surface area contributed by atoms with Crippen LogP contribution in [-0.4, -0.2) is 19.2 Å². The fraction of sp³-hybridized carbons (Fsp3) is 0.130. The Hall–Kier alpha value is -3.12. The summed E-state index contributed by atoms with van der Waals surface area (Å²) in [5.74, 6) is 1.06. The standard InChI is InChI=1S/C23H21BrN2O3/c1-16-3-5-17(6-4-16)15-29-21-10-7-18(8-11-21)23(27)26-25-14-19-13-20(24)9-12-22(19)28-2/h3-14H,15H2,1-2H3,(H,26,27)/b25-14-. The van der Waals surface area contributed by atoms with Crippen LogP contribution >= 0.6 is 15.9 Å². The van der Waals surface area contributed by atoms with E-state index >= 15 is 0 Å². The van der Waals surface area contributed by atoms with Gasteiger partial charge in [0.25, 0.3) is 5.91 Å². The molecule has 0 bridgehead atoms. The van der Waals surface area contributed by atoms with Crippen molar-refractivity contribution < 1.29 is 14.3 Å². The highest BCUT2D eigenvalue weighted by atomic mass is 79.9. The van der Waals surface area contributed by atoms with Crippen LogP contribution in [0.25, 0.3) is 0 Å². The van der Waals surface area contributed by atoms with E-state index in [9.17, 15) is 4.79 Å². The van der Waals surface area contributed by atoms with Crippen molar-refractivity contribution in [1.82, 2.24) is 5.43 Å². The highest BCUT2D eigenvalue weighted by Gasteiger charge is 2.06. The van der Waals surface area contributed by atoms with Gasteiger partial charge in [-0.3, -0.25) is 4.79 Å². The van der Waals surface area contributed by atoms with E-state index in [1.54, 1.807) is 37.6 Å². The Kier molecular flexibility index (Phi) is 7.03. The summed E-state index contributed by atoms with van der Waals surface area (Å²) in [5, 5.41) is 4.02. The van der Waals surface area contributed by atoms with Gasteiger partial charge in [-0.2, -0.15) is 5.10 Å². The van der Waals surface area contributed by atoms with Gasteiger partial charge in [0.15, 0.2) is 0 Å². The van der Waals surface area contributed by atoms with Crippen LogP contribution in [0.1, 0.15) is 27.0 Å². The van der Waals surface area contributed by atoms with Crippen molar-refractivity contribution >= 4 is 28.1 Å². The Balaban J connectivity index is 1.56. The molecule has 6 heteroatoms. The molecule has 0 aliphatic rings. The SMILES string of the molecule is COc1ccc(Br)cc1/C=N\NC(=O)c1ccc(OCc2ccc(C)cc2)cc1. The van der Waals surface area contributed by atoms with Gasteiger partial charge in [-0.15, -0.1) is 0 Å². The molecule has 29 heavy (non-hydrogen) atoms. The smallest absolute Gasteiger partial charge is 0.271 e. The van der Waals surface area contributed by atoms with Crippen molar-refractivity contribution in [3.8, 4) is 11.5 Å². The molecule has 0 heterocycles. The number of benzene rings is 3. The van der Waals surface area contributed by atoms with Gasteiger partial charge in [0.05, 0.1) is 13.3 Å². The van der Waals surface area contributed by atoms with Crippen molar-refractivity contribution in [3.05, 3.63) is 93.5 Å². The number of amides is 1. The first-order valence-electron chi connectivity index (χ1n) is 9.00. The summed E-state index contributed by atoms with van der Waals surface area (Å²) in [7, 11) is 1.58. The van der Waals surface area contributed by atoms with Gasteiger partial charge in [0.1, 0.15) is 18.1 Å². The average Bonchev–Trinajstić information content (AvgIpc) is 2.74. The van der Waals surface area contributed by atoms with Gasteiger partial charge in [-0.05, 0) is 55.0 Å². The molecule has 148 valence electrons. The van der Waals surface area contributed by atoms with Crippen LogP contribution in [0.2, 0.25) is 0 Å². The van der Waals surface area contributed by atoms with Crippen LogP contribution < -0.4 is 14.9 Å². The number of halogens is 1. The topological polar surface area (TPSA) is 59.9 Å². The number of rotatable bonds is 7. The minimum absolute atomic E-state index is 0.305. The lowest BCUT2D eigenvalue weighted by Gasteiger charge is -2.07. The van der Waals surface area contributed by atoms with E-state index in [0.717, 1.165) is 15.6 Å². The maximum Gasteiger partial charge on any atom is 0.271 e. The summed E-state index contributed by atoms with van der Waals surface area (Å²) >= 11 is 3.40. The predicted octanol–water partition coefficient (Wildman–Crippen LogP) is 5.11. The maximum absolute atomic E-state index is 12.3. The van der Waals surface area contributed by atoms with Crippen LogP contribution in [0, 0.1) is 6.92 Å². The summed E-state index contributed by atoms with van der Waals surface area (Å²) < 4.78 is 11.9. The molecule has 0 unspecified atom stereocenters. The molecular weight excluding hydrogens is 432 g/mol. The lowest BCUT2D eigenvalue weighted by molar-refractivity contribution is 0.0955. The summed E-state index contributed by atoms with van der Waals surface area (Å²) in [6.45, 7) is 2.53. The van der Waals surface area contributed by atoms with Gasteiger partial charge in [0, 0.05) is 15.6 Å². The van der Waals surface area contributed by atoms with E-state index in [4.69, 9.17) is 9.47 Å². The van der Waals surface area contributed by atoms with E-state index < -0.39 is 0 Å².